The van der Waals surface area contributed by atoms with E-state index in [1.54, 1.807) is 6.20 Å². The molecule has 2 aromatic rings. The van der Waals surface area contributed by atoms with Crippen LogP contribution < -0.4 is 10.6 Å². The maximum atomic E-state index is 6.11. The third kappa shape index (κ3) is 1.92. The van der Waals surface area contributed by atoms with E-state index in [9.17, 15) is 0 Å². The quantitative estimate of drug-likeness (QED) is 0.874. The fourth-order valence-corrected chi connectivity index (χ4v) is 2.51. The van der Waals surface area contributed by atoms with Crippen LogP contribution in [0.25, 0.3) is 11.1 Å². The minimum Gasteiger partial charge on any atom is -0.396 e. The number of nitrogens with two attached hydrogens (primary N) is 1. The normalized spacial score (nSPS) is 15.0. The van der Waals surface area contributed by atoms with Crippen LogP contribution in [0.3, 0.4) is 0 Å². The second-order valence-electron chi connectivity index (χ2n) is 4.61. The summed E-state index contributed by atoms with van der Waals surface area (Å²) in [6.07, 6.45) is 7.26. The van der Waals surface area contributed by atoms with Crippen LogP contribution in [0.15, 0.2) is 36.5 Å². The van der Waals surface area contributed by atoms with E-state index in [2.05, 4.69) is 28.2 Å². The van der Waals surface area contributed by atoms with Crippen molar-refractivity contribution in [2.75, 3.05) is 23.7 Å². The van der Waals surface area contributed by atoms with Crippen LogP contribution in [0.2, 0.25) is 0 Å². The molecule has 3 nitrogen and oxygen atoms in total. The van der Waals surface area contributed by atoms with E-state index in [1.807, 2.05) is 18.2 Å². The van der Waals surface area contributed by atoms with E-state index < -0.39 is 0 Å². The molecule has 0 bridgehead atoms. The Labute approximate surface area is 107 Å². The maximum Gasteiger partial charge on any atom is 0.0994 e. The first-order valence-corrected chi connectivity index (χ1v) is 6.33. The largest absolute Gasteiger partial charge is 0.396 e. The molecule has 1 aliphatic heterocycles. The van der Waals surface area contributed by atoms with E-state index in [4.69, 9.17) is 5.73 Å². The number of aromatic nitrogens is 1. The van der Waals surface area contributed by atoms with Gasteiger partial charge in [0.15, 0.2) is 0 Å². The smallest absolute Gasteiger partial charge is 0.0994 e. The van der Waals surface area contributed by atoms with E-state index in [1.165, 1.54) is 12.8 Å². The second-order valence-corrected chi connectivity index (χ2v) is 4.61. The lowest BCUT2D eigenvalue weighted by atomic mass is 10.0. The van der Waals surface area contributed by atoms with Gasteiger partial charge in [-0.15, -0.1) is 0 Å². The summed E-state index contributed by atoms with van der Waals surface area (Å²) in [6, 6.07) is 10.2. The van der Waals surface area contributed by atoms with Crippen molar-refractivity contribution in [2.45, 2.75) is 12.8 Å². The number of hydrogen-bond donors (Lipinski definition) is 1. The van der Waals surface area contributed by atoms with Crippen LogP contribution in [0, 0.1) is 6.20 Å². The molecular weight excluding hydrogens is 222 g/mol. The maximum absolute atomic E-state index is 6.11. The molecule has 0 atom stereocenters. The first-order chi connectivity index (χ1) is 8.86. The highest BCUT2D eigenvalue weighted by Crippen LogP contribution is 2.36. The minimum absolute atomic E-state index is 0.745. The molecule has 1 radical (unpaired) electrons. The Balaban J connectivity index is 2.11. The molecule has 0 amide bonds. The van der Waals surface area contributed by atoms with Crippen molar-refractivity contribution in [1.29, 1.82) is 0 Å². The molecule has 0 aliphatic carbocycles. The van der Waals surface area contributed by atoms with Gasteiger partial charge in [0.05, 0.1) is 23.8 Å². The highest BCUT2D eigenvalue weighted by atomic mass is 15.2. The average molecular weight is 238 g/mol. The third-order valence-corrected chi connectivity index (χ3v) is 3.37. The highest BCUT2D eigenvalue weighted by molar-refractivity contribution is 5.85. The first kappa shape index (κ1) is 11.1. The number of benzene rings is 1. The molecular formula is C15H16N3. The molecule has 1 fully saturated rings. The van der Waals surface area contributed by atoms with Gasteiger partial charge in [0.1, 0.15) is 0 Å². The molecule has 2 N–H and O–H groups in total. The molecule has 18 heavy (non-hydrogen) atoms. The standard InChI is InChI=1S/C15H16N3/c16-14-11-17-10-13(12-6-2-1-3-7-12)15(14)18-8-4-5-9-18/h1-3,6-7,11H,4-5,8-9,16H2. The summed E-state index contributed by atoms with van der Waals surface area (Å²) in [7, 11) is 0. The van der Waals surface area contributed by atoms with Crippen molar-refractivity contribution >= 4 is 11.4 Å². The van der Waals surface area contributed by atoms with Crippen LogP contribution in [0.4, 0.5) is 11.4 Å². The van der Waals surface area contributed by atoms with E-state index in [-0.39, 0.29) is 0 Å². The van der Waals surface area contributed by atoms with Crippen molar-refractivity contribution < 1.29 is 0 Å². The minimum atomic E-state index is 0.745. The lowest BCUT2D eigenvalue weighted by Crippen LogP contribution is -2.20. The Morgan fingerprint density at radius 3 is 2.56 bits per heavy atom. The van der Waals surface area contributed by atoms with Gasteiger partial charge in [0.2, 0.25) is 0 Å². The summed E-state index contributed by atoms with van der Waals surface area (Å²) in [4.78, 5) is 6.46. The van der Waals surface area contributed by atoms with Crippen LogP contribution in [-0.4, -0.2) is 18.1 Å². The predicted molar refractivity (Wildman–Crippen MR) is 74.4 cm³/mol. The Morgan fingerprint density at radius 2 is 1.83 bits per heavy atom. The molecule has 0 spiro atoms. The van der Waals surface area contributed by atoms with Crippen molar-refractivity contribution in [3.63, 3.8) is 0 Å². The monoisotopic (exact) mass is 238 g/mol. The van der Waals surface area contributed by atoms with Gasteiger partial charge in [-0.1, -0.05) is 30.3 Å². The van der Waals surface area contributed by atoms with Gasteiger partial charge in [-0.25, -0.2) is 0 Å². The van der Waals surface area contributed by atoms with Crippen LogP contribution in [0.1, 0.15) is 12.8 Å². The number of nitrogen functional groups attached to an aromatic ring is 1. The summed E-state index contributed by atoms with van der Waals surface area (Å²) < 4.78 is 0. The topological polar surface area (TPSA) is 42.1 Å². The molecule has 1 aromatic heterocycles. The number of pyridine rings is 1. The van der Waals surface area contributed by atoms with Crippen molar-refractivity contribution in [2.24, 2.45) is 0 Å². The molecule has 1 aromatic carbocycles. The lowest BCUT2D eigenvalue weighted by molar-refractivity contribution is 0.949. The van der Waals surface area contributed by atoms with Crippen LogP contribution in [0.5, 0.6) is 0 Å². The summed E-state index contributed by atoms with van der Waals surface area (Å²) >= 11 is 0. The molecule has 1 aliphatic rings. The van der Waals surface area contributed by atoms with E-state index in [0.717, 1.165) is 35.6 Å². The summed E-state index contributed by atoms with van der Waals surface area (Å²) in [5.41, 5.74) is 10.1. The fourth-order valence-electron chi connectivity index (χ4n) is 2.51. The molecule has 3 rings (SSSR count). The molecule has 0 unspecified atom stereocenters. The Hall–Kier alpha value is -2.03. The molecule has 1 saturated heterocycles. The van der Waals surface area contributed by atoms with Crippen molar-refractivity contribution in [3.05, 3.63) is 42.7 Å². The first-order valence-electron chi connectivity index (χ1n) is 6.33. The van der Waals surface area contributed by atoms with E-state index in [0.29, 0.717) is 0 Å². The number of hydrogen-bond acceptors (Lipinski definition) is 3. The van der Waals surface area contributed by atoms with Gasteiger partial charge in [-0.2, -0.15) is 0 Å². The Bertz CT molecular complexity index is 531. The molecule has 0 saturated carbocycles. The summed E-state index contributed by atoms with van der Waals surface area (Å²) in [5.74, 6) is 0. The zero-order chi connectivity index (χ0) is 12.4. The Kier molecular flexibility index (Phi) is 2.89. The van der Waals surface area contributed by atoms with Gasteiger partial charge in [-0.05, 0) is 18.4 Å². The highest BCUT2D eigenvalue weighted by Gasteiger charge is 2.19. The molecule has 3 heteroatoms. The summed E-state index contributed by atoms with van der Waals surface area (Å²) in [6.45, 7) is 2.14. The SMILES string of the molecule is Nc1cn[c]c(-c2ccccc2)c1N1CCCC1. The van der Waals surface area contributed by atoms with Crippen LogP contribution >= 0.6 is 0 Å². The van der Waals surface area contributed by atoms with E-state index >= 15 is 0 Å². The number of anilines is 2. The van der Waals surface area contributed by atoms with Gasteiger partial charge in [-0.3, -0.25) is 4.98 Å². The summed E-state index contributed by atoms with van der Waals surface area (Å²) in [5, 5.41) is 0. The second kappa shape index (κ2) is 4.69. The molecule has 2 heterocycles. The van der Waals surface area contributed by atoms with Crippen molar-refractivity contribution in [1.82, 2.24) is 4.98 Å². The lowest BCUT2D eigenvalue weighted by Gasteiger charge is -2.22. The zero-order valence-electron chi connectivity index (χ0n) is 10.3. The zero-order valence-corrected chi connectivity index (χ0v) is 10.3. The predicted octanol–water partition coefficient (Wildman–Crippen LogP) is 2.73. The molecule has 91 valence electrons. The van der Waals surface area contributed by atoms with Gasteiger partial charge >= 0.3 is 0 Å². The van der Waals surface area contributed by atoms with Gasteiger partial charge in [0, 0.05) is 18.7 Å². The fraction of sp³-hybridized carbons (Fsp3) is 0.267. The van der Waals surface area contributed by atoms with Crippen LogP contribution in [-0.2, 0) is 0 Å². The number of nitrogens with zero attached hydrogens (tertiary/aromatic N) is 2. The number of rotatable bonds is 2. The average Bonchev–Trinajstić information content (AvgIpc) is 2.93. The van der Waals surface area contributed by atoms with Gasteiger partial charge in [0.25, 0.3) is 0 Å². The van der Waals surface area contributed by atoms with Crippen molar-refractivity contribution in [3.8, 4) is 11.1 Å². The third-order valence-electron chi connectivity index (χ3n) is 3.37. The van der Waals surface area contributed by atoms with Gasteiger partial charge < -0.3 is 10.6 Å². The Morgan fingerprint density at radius 1 is 1.11 bits per heavy atom.